The van der Waals surface area contributed by atoms with E-state index < -0.39 is 6.16 Å². The van der Waals surface area contributed by atoms with Gasteiger partial charge in [0, 0.05) is 25.3 Å². The van der Waals surface area contributed by atoms with Crippen LogP contribution < -0.4 is 0 Å². The SMILES string of the molecule is O=C(O)O.O=C1CCC(=O)N1CC1c2ccccc2-c2ccccc21. The Kier molecular flexibility index (Phi) is 4.52. The summed E-state index contributed by atoms with van der Waals surface area (Å²) < 4.78 is 0. The molecule has 1 heterocycles. The van der Waals surface area contributed by atoms with Gasteiger partial charge in [-0.15, -0.1) is 0 Å². The second-order valence-corrected chi connectivity index (χ2v) is 5.91. The lowest BCUT2D eigenvalue weighted by Crippen LogP contribution is -2.33. The molecule has 0 spiro atoms. The lowest BCUT2D eigenvalue weighted by atomic mass is 9.96. The zero-order valence-corrected chi connectivity index (χ0v) is 13.4. The number of carbonyl (C=O) groups excluding carboxylic acids is 2. The molecule has 2 aromatic rings. The number of hydrogen-bond donors (Lipinski definition) is 2. The predicted octanol–water partition coefficient (Wildman–Crippen LogP) is 3.17. The predicted molar refractivity (Wildman–Crippen MR) is 90.3 cm³/mol. The van der Waals surface area contributed by atoms with Crippen LogP contribution in [0, 0.1) is 0 Å². The third kappa shape index (κ3) is 3.24. The number of carboxylic acid groups (broad SMARTS) is 2. The average molecular weight is 339 g/mol. The Morgan fingerprint density at radius 1 is 0.880 bits per heavy atom. The summed E-state index contributed by atoms with van der Waals surface area (Å²) in [6, 6.07) is 16.5. The van der Waals surface area contributed by atoms with Gasteiger partial charge in [-0.25, -0.2) is 4.79 Å². The van der Waals surface area contributed by atoms with E-state index in [0.29, 0.717) is 19.4 Å². The van der Waals surface area contributed by atoms with Crippen LogP contribution in [-0.2, 0) is 9.59 Å². The van der Waals surface area contributed by atoms with Crippen molar-refractivity contribution in [2.45, 2.75) is 18.8 Å². The maximum absolute atomic E-state index is 11.9. The summed E-state index contributed by atoms with van der Waals surface area (Å²) >= 11 is 0. The molecule has 6 heteroatoms. The van der Waals surface area contributed by atoms with Crippen molar-refractivity contribution < 1.29 is 24.6 Å². The lowest BCUT2D eigenvalue weighted by Gasteiger charge is -2.20. The van der Waals surface area contributed by atoms with E-state index in [0.717, 1.165) is 0 Å². The van der Waals surface area contributed by atoms with Gasteiger partial charge in [-0.1, -0.05) is 48.5 Å². The van der Waals surface area contributed by atoms with Gasteiger partial charge in [0.05, 0.1) is 0 Å². The van der Waals surface area contributed by atoms with Gasteiger partial charge in [-0.2, -0.15) is 0 Å². The molecule has 0 bridgehead atoms. The largest absolute Gasteiger partial charge is 0.503 e. The average Bonchev–Trinajstić information content (AvgIpc) is 3.07. The van der Waals surface area contributed by atoms with E-state index in [4.69, 9.17) is 15.0 Å². The monoisotopic (exact) mass is 339 g/mol. The molecule has 25 heavy (non-hydrogen) atoms. The minimum Gasteiger partial charge on any atom is -0.450 e. The van der Waals surface area contributed by atoms with Crippen molar-refractivity contribution in [1.29, 1.82) is 0 Å². The van der Waals surface area contributed by atoms with Crippen LogP contribution in [0.3, 0.4) is 0 Å². The van der Waals surface area contributed by atoms with Gasteiger partial charge in [0.25, 0.3) is 0 Å². The van der Waals surface area contributed by atoms with Crippen molar-refractivity contribution in [3.8, 4) is 11.1 Å². The Hall–Kier alpha value is -3.15. The molecule has 1 saturated heterocycles. The normalized spacial score (nSPS) is 15.4. The van der Waals surface area contributed by atoms with Crippen LogP contribution in [0.15, 0.2) is 48.5 Å². The molecule has 0 radical (unpaired) electrons. The van der Waals surface area contributed by atoms with Crippen molar-refractivity contribution in [3.05, 3.63) is 59.7 Å². The first-order valence-corrected chi connectivity index (χ1v) is 7.92. The molecule has 0 saturated carbocycles. The number of likely N-dealkylation sites (tertiary alicyclic amines) is 1. The fourth-order valence-corrected chi connectivity index (χ4v) is 3.47. The van der Waals surface area contributed by atoms with Crippen LogP contribution in [-0.4, -0.2) is 39.6 Å². The van der Waals surface area contributed by atoms with E-state index in [1.807, 2.05) is 24.3 Å². The maximum atomic E-state index is 11.9. The molecule has 2 amide bonds. The van der Waals surface area contributed by atoms with Gasteiger partial charge in [0.15, 0.2) is 0 Å². The van der Waals surface area contributed by atoms with E-state index in [1.54, 1.807) is 0 Å². The Morgan fingerprint density at radius 2 is 1.28 bits per heavy atom. The Balaban J connectivity index is 0.000000415. The van der Waals surface area contributed by atoms with Crippen molar-refractivity contribution >= 4 is 18.0 Å². The lowest BCUT2D eigenvalue weighted by molar-refractivity contribution is -0.138. The zero-order valence-electron chi connectivity index (χ0n) is 13.4. The highest BCUT2D eigenvalue weighted by Crippen LogP contribution is 2.45. The molecule has 1 aliphatic carbocycles. The van der Waals surface area contributed by atoms with E-state index in [-0.39, 0.29) is 17.7 Å². The first-order valence-electron chi connectivity index (χ1n) is 7.92. The third-order valence-corrected chi connectivity index (χ3v) is 4.48. The molecule has 4 rings (SSSR count). The Morgan fingerprint density at radius 3 is 1.72 bits per heavy atom. The molecule has 0 aromatic heterocycles. The molecule has 0 atom stereocenters. The molecule has 0 unspecified atom stereocenters. The standard InChI is InChI=1S/C18H15NO2.CH2O3/c20-17-9-10-18(21)19(17)11-16-14-7-3-1-5-12(14)13-6-2-4-8-15(13)16;2-1(3)4/h1-8,16H,9-11H2;(H2,2,3,4). The highest BCUT2D eigenvalue weighted by molar-refractivity contribution is 6.02. The number of hydrogen-bond acceptors (Lipinski definition) is 3. The van der Waals surface area contributed by atoms with Crippen LogP contribution in [0.25, 0.3) is 11.1 Å². The summed E-state index contributed by atoms with van der Waals surface area (Å²) in [6.07, 6.45) is -1.12. The van der Waals surface area contributed by atoms with Gasteiger partial charge in [0.2, 0.25) is 11.8 Å². The second-order valence-electron chi connectivity index (χ2n) is 5.91. The van der Waals surface area contributed by atoms with Crippen molar-refractivity contribution in [2.24, 2.45) is 0 Å². The van der Waals surface area contributed by atoms with Gasteiger partial charge in [-0.3, -0.25) is 14.5 Å². The van der Waals surface area contributed by atoms with Crippen molar-refractivity contribution in [3.63, 3.8) is 0 Å². The molecule has 6 nitrogen and oxygen atoms in total. The molecule has 2 aliphatic rings. The zero-order chi connectivity index (χ0) is 18.0. The van der Waals surface area contributed by atoms with Gasteiger partial charge in [-0.05, 0) is 22.3 Å². The van der Waals surface area contributed by atoms with Gasteiger partial charge < -0.3 is 10.2 Å². The number of rotatable bonds is 2. The summed E-state index contributed by atoms with van der Waals surface area (Å²) in [6.45, 7) is 0.464. The molecular weight excluding hydrogens is 322 g/mol. The fraction of sp³-hybridized carbons (Fsp3) is 0.211. The van der Waals surface area contributed by atoms with E-state index >= 15 is 0 Å². The van der Waals surface area contributed by atoms with Crippen molar-refractivity contribution in [2.75, 3.05) is 6.54 Å². The van der Waals surface area contributed by atoms with Crippen LogP contribution in [0.2, 0.25) is 0 Å². The summed E-state index contributed by atoms with van der Waals surface area (Å²) in [5.74, 6) is 0.0205. The van der Waals surface area contributed by atoms with Crippen LogP contribution in [0.5, 0.6) is 0 Å². The molecular formula is C19H17NO5. The van der Waals surface area contributed by atoms with Crippen molar-refractivity contribution in [1.82, 2.24) is 4.90 Å². The number of benzene rings is 2. The van der Waals surface area contributed by atoms with Crippen LogP contribution in [0.1, 0.15) is 29.9 Å². The Bertz CT molecular complexity index is 780. The minimum atomic E-state index is -1.83. The molecule has 1 aliphatic heterocycles. The first kappa shape index (κ1) is 16.7. The molecule has 128 valence electrons. The van der Waals surface area contributed by atoms with Crippen LogP contribution >= 0.6 is 0 Å². The fourth-order valence-electron chi connectivity index (χ4n) is 3.47. The number of nitrogens with zero attached hydrogens (tertiary/aromatic N) is 1. The number of fused-ring (bicyclic) bond motifs is 3. The van der Waals surface area contributed by atoms with E-state index in [9.17, 15) is 9.59 Å². The van der Waals surface area contributed by atoms with Gasteiger partial charge in [0.1, 0.15) is 0 Å². The summed E-state index contributed by atoms with van der Waals surface area (Å²) in [5.41, 5.74) is 4.87. The third-order valence-electron chi connectivity index (χ3n) is 4.48. The highest BCUT2D eigenvalue weighted by atomic mass is 16.6. The first-order chi connectivity index (χ1) is 12.0. The highest BCUT2D eigenvalue weighted by Gasteiger charge is 2.35. The maximum Gasteiger partial charge on any atom is 0.503 e. The second kappa shape index (κ2) is 6.76. The molecule has 2 aromatic carbocycles. The number of imide groups is 1. The number of amides is 2. The molecule has 1 fully saturated rings. The smallest absolute Gasteiger partial charge is 0.450 e. The molecule has 2 N–H and O–H groups in total. The van der Waals surface area contributed by atoms with Gasteiger partial charge >= 0.3 is 6.16 Å². The summed E-state index contributed by atoms with van der Waals surface area (Å²) in [7, 11) is 0. The topological polar surface area (TPSA) is 94.9 Å². The number of carbonyl (C=O) groups is 3. The van der Waals surface area contributed by atoms with E-state index in [2.05, 4.69) is 24.3 Å². The van der Waals surface area contributed by atoms with E-state index in [1.165, 1.54) is 27.2 Å². The quantitative estimate of drug-likeness (QED) is 0.820. The van der Waals surface area contributed by atoms with Crippen LogP contribution in [0.4, 0.5) is 4.79 Å². The summed E-state index contributed by atoms with van der Waals surface area (Å²) in [5, 5.41) is 13.9. The minimum absolute atomic E-state index is 0.0399. The Labute approximate surface area is 144 Å². The summed E-state index contributed by atoms with van der Waals surface area (Å²) in [4.78, 5) is 33.8.